The van der Waals surface area contributed by atoms with Crippen LogP contribution >= 0.6 is 0 Å². The molecule has 2 amide bonds. The molecular weight excluding hydrogens is 359 g/mol. The number of hydrogen-bond acceptors (Lipinski definition) is 3. The number of nitrogens with one attached hydrogen (secondary N) is 1. The van der Waals surface area contributed by atoms with Gasteiger partial charge in [0.15, 0.2) is 5.60 Å². The van der Waals surface area contributed by atoms with Crippen molar-refractivity contribution in [2.75, 3.05) is 4.90 Å². The van der Waals surface area contributed by atoms with Crippen molar-refractivity contribution in [1.82, 2.24) is 5.32 Å². The number of carbonyl (C=O) groups is 2. The van der Waals surface area contributed by atoms with Gasteiger partial charge in [0.2, 0.25) is 0 Å². The second-order valence-electron chi connectivity index (χ2n) is 8.52. The van der Waals surface area contributed by atoms with E-state index in [0.717, 1.165) is 5.56 Å². The van der Waals surface area contributed by atoms with Gasteiger partial charge in [-0.2, -0.15) is 0 Å². The zero-order chi connectivity index (χ0) is 20.7. The molecule has 0 unspecified atom stereocenters. The van der Waals surface area contributed by atoms with E-state index in [1.54, 1.807) is 49.1 Å². The molecule has 1 aliphatic rings. The predicted molar refractivity (Wildman–Crippen MR) is 106 cm³/mol. The summed E-state index contributed by atoms with van der Waals surface area (Å²) >= 11 is 0. The molecule has 0 aliphatic carbocycles. The molecule has 0 bridgehead atoms. The van der Waals surface area contributed by atoms with Crippen molar-refractivity contribution in [3.8, 4) is 5.75 Å². The Balaban J connectivity index is 2.00. The monoisotopic (exact) mass is 384 g/mol. The SMILES string of the molecule is CC(C)(C)NC(=O)c1ccc2c(c1)N(Cc1ccc(F)cc1)C(=O)C(C)(C)O2. The van der Waals surface area contributed by atoms with Crippen LogP contribution in [0.1, 0.15) is 50.5 Å². The van der Waals surface area contributed by atoms with Gasteiger partial charge >= 0.3 is 0 Å². The van der Waals surface area contributed by atoms with Gasteiger partial charge in [-0.3, -0.25) is 9.59 Å². The highest BCUT2D eigenvalue weighted by atomic mass is 19.1. The minimum absolute atomic E-state index is 0.224. The lowest BCUT2D eigenvalue weighted by Gasteiger charge is -2.39. The maximum absolute atomic E-state index is 13.2. The van der Waals surface area contributed by atoms with Crippen molar-refractivity contribution >= 4 is 17.5 Å². The van der Waals surface area contributed by atoms with Crippen LogP contribution in [0, 0.1) is 5.82 Å². The quantitative estimate of drug-likeness (QED) is 0.868. The minimum Gasteiger partial charge on any atom is -0.476 e. The zero-order valence-corrected chi connectivity index (χ0v) is 16.8. The van der Waals surface area contributed by atoms with Gasteiger partial charge in [0.25, 0.3) is 11.8 Å². The molecule has 0 saturated heterocycles. The molecule has 0 radical (unpaired) electrons. The van der Waals surface area contributed by atoms with Gasteiger partial charge in [-0.25, -0.2) is 4.39 Å². The summed E-state index contributed by atoms with van der Waals surface area (Å²) in [5.74, 6) is -0.259. The third-order valence-electron chi connectivity index (χ3n) is 4.38. The molecule has 0 fully saturated rings. The summed E-state index contributed by atoms with van der Waals surface area (Å²) in [4.78, 5) is 27.2. The fourth-order valence-corrected chi connectivity index (χ4v) is 3.05. The van der Waals surface area contributed by atoms with Crippen molar-refractivity contribution in [1.29, 1.82) is 0 Å². The Morgan fingerprint density at radius 1 is 1.14 bits per heavy atom. The molecule has 6 heteroatoms. The first-order valence-electron chi connectivity index (χ1n) is 9.18. The smallest absolute Gasteiger partial charge is 0.271 e. The number of carbonyl (C=O) groups excluding carboxylic acids is 2. The highest BCUT2D eigenvalue weighted by molar-refractivity contribution is 6.04. The normalized spacial score (nSPS) is 15.6. The summed E-state index contributed by atoms with van der Waals surface area (Å²) in [7, 11) is 0. The van der Waals surface area contributed by atoms with Crippen LogP contribution in [0.2, 0.25) is 0 Å². The zero-order valence-electron chi connectivity index (χ0n) is 16.8. The van der Waals surface area contributed by atoms with Gasteiger partial charge in [-0.05, 0) is 70.5 Å². The van der Waals surface area contributed by atoms with E-state index in [1.165, 1.54) is 12.1 Å². The van der Waals surface area contributed by atoms with E-state index in [1.807, 2.05) is 20.8 Å². The molecule has 5 nitrogen and oxygen atoms in total. The van der Waals surface area contributed by atoms with Gasteiger partial charge in [-0.1, -0.05) is 12.1 Å². The second-order valence-corrected chi connectivity index (χ2v) is 8.52. The molecule has 0 spiro atoms. The predicted octanol–water partition coefficient (Wildman–Crippen LogP) is 4.06. The van der Waals surface area contributed by atoms with Gasteiger partial charge in [0.1, 0.15) is 11.6 Å². The maximum Gasteiger partial charge on any atom is 0.271 e. The lowest BCUT2D eigenvalue weighted by Crippen LogP contribution is -2.52. The number of nitrogens with zero attached hydrogens (tertiary/aromatic N) is 1. The molecule has 148 valence electrons. The number of ether oxygens (including phenoxy) is 1. The summed E-state index contributed by atoms with van der Waals surface area (Å²) in [5, 5.41) is 2.92. The van der Waals surface area contributed by atoms with E-state index in [4.69, 9.17) is 4.74 Å². The van der Waals surface area contributed by atoms with Crippen LogP contribution in [0.4, 0.5) is 10.1 Å². The van der Waals surface area contributed by atoms with Crippen molar-refractivity contribution in [3.63, 3.8) is 0 Å². The standard InChI is InChI=1S/C22H25FN2O3/c1-21(2,3)24-19(26)15-8-11-18-17(12-15)25(20(27)22(4,5)28-18)13-14-6-9-16(23)10-7-14/h6-12H,13H2,1-5H3,(H,24,26). The summed E-state index contributed by atoms with van der Waals surface area (Å²) < 4.78 is 19.1. The van der Waals surface area contributed by atoms with Gasteiger partial charge in [-0.15, -0.1) is 0 Å². The van der Waals surface area contributed by atoms with Crippen molar-refractivity contribution in [2.45, 2.75) is 52.3 Å². The van der Waals surface area contributed by atoms with Crippen LogP contribution in [-0.4, -0.2) is 23.0 Å². The van der Waals surface area contributed by atoms with Gasteiger partial charge < -0.3 is 15.0 Å². The molecule has 1 aliphatic heterocycles. The Bertz CT molecular complexity index is 914. The van der Waals surface area contributed by atoms with Gasteiger partial charge in [0, 0.05) is 11.1 Å². The molecule has 2 aromatic rings. The average molecular weight is 384 g/mol. The Hall–Kier alpha value is -2.89. The lowest BCUT2D eigenvalue weighted by atomic mass is 10.0. The van der Waals surface area contributed by atoms with Crippen LogP contribution in [-0.2, 0) is 11.3 Å². The van der Waals surface area contributed by atoms with Crippen LogP contribution < -0.4 is 15.0 Å². The molecule has 2 aromatic carbocycles. The summed E-state index contributed by atoms with van der Waals surface area (Å²) in [6.07, 6.45) is 0. The van der Waals surface area contributed by atoms with E-state index in [2.05, 4.69) is 5.32 Å². The van der Waals surface area contributed by atoms with E-state index < -0.39 is 5.60 Å². The summed E-state index contributed by atoms with van der Waals surface area (Å²) in [6.45, 7) is 9.37. The Morgan fingerprint density at radius 3 is 2.39 bits per heavy atom. The van der Waals surface area contributed by atoms with E-state index in [0.29, 0.717) is 17.0 Å². The highest BCUT2D eigenvalue weighted by Gasteiger charge is 2.41. The molecule has 3 rings (SSSR count). The summed E-state index contributed by atoms with van der Waals surface area (Å²) in [6, 6.07) is 11.1. The number of benzene rings is 2. The molecule has 0 aromatic heterocycles. The molecule has 1 heterocycles. The number of anilines is 1. The van der Waals surface area contributed by atoms with E-state index in [9.17, 15) is 14.0 Å². The fourth-order valence-electron chi connectivity index (χ4n) is 3.05. The first-order chi connectivity index (χ1) is 13.0. The lowest BCUT2D eigenvalue weighted by molar-refractivity contribution is -0.132. The molecule has 0 saturated carbocycles. The topological polar surface area (TPSA) is 58.6 Å². The highest BCUT2D eigenvalue weighted by Crippen LogP contribution is 2.39. The largest absolute Gasteiger partial charge is 0.476 e. The van der Waals surface area contributed by atoms with Crippen LogP contribution in [0.3, 0.4) is 0 Å². The Morgan fingerprint density at radius 2 is 1.79 bits per heavy atom. The number of amides is 2. The number of halogens is 1. The molecule has 0 atom stereocenters. The number of rotatable bonds is 3. The van der Waals surface area contributed by atoms with Crippen molar-refractivity contribution in [2.24, 2.45) is 0 Å². The first kappa shape index (κ1) is 19.9. The van der Waals surface area contributed by atoms with Crippen LogP contribution in [0.25, 0.3) is 0 Å². The van der Waals surface area contributed by atoms with E-state index in [-0.39, 0.29) is 29.7 Å². The third kappa shape index (κ3) is 4.16. The Kier molecular flexibility index (Phi) is 4.91. The summed E-state index contributed by atoms with van der Waals surface area (Å²) in [5.41, 5.74) is 0.323. The van der Waals surface area contributed by atoms with Crippen molar-refractivity contribution < 1.29 is 18.7 Å². The minimum atomic E-state index is -1.04. The molecule has 28 heavy (non-hydrogen) atoms. The maximum atomic E-state index is 13.2. The first-order valence-corrected chi connectivity index (χ1v) is 9.18. The van der Waals surface area contributed by atoms with Crippen LogP contribution in [0.5, 0.6) is 5.75 Å². The van der Waals surface area contributed by atoms with Crippen molar-refractivity contribution in [3.05, 3.63) is 59.4 Å². The van der Waals surface area contributed by atoms with Crippen LogP contribution in [0.15, 0.2) is 42.5 Å². The number of hydrogen-bond donors (Lipinski definition) is 1. The average Bonchev–Trinajstić information content (AvgIpc) is 2.58. The van der Waals surface area contributed by atoms with Gasteiger partial charge in [0.05, 0.1) is 12.2 Å². The molecular formula is C22H25FN2O3. The Labute approximate surface area is 164 Å². The van der Waals surface area contributed by atoms with E-state index >= 15 is 0 Å². The fraction of sp³-hybridized carbons (Fsp3) is 0.364. The second kappa shape index (κ2) is 6.93. The third-order valence-corrected chi connectivity index (χ3v) is 4.38. The number of fused-ring (bicyclic) bond motifs is 1. The molecule has 1 N–H and O–H groups in total.